The zero-order valence-corrected chi connectivity index (χ0v) is 82.6. The van der Waals surface area contributed by atoms with Gasteiger partial charge in [-0.2, -0.15) is 27.4 Å². The normalized spacial score (nSPS) is 12.2. The van der Waals surface area contributed by atoms with Gasteiger partial charge in [-0.1, -0.05) is 166 Å². The van der Waals surface area contributed by atoms with Gasteiger partial charge in [-0.25, -0.2) is 29.9 Å². The number of pyridine rings is 3. The maximum absolute atomic E-state index is 4.85. The quantitative estimate of drug-likeness (QED) is 0.149. The van der Waals surface area contributed by atoms with Crippen molar-refractivity contribution in [1.29, 1.82) is 0 Å². The van der Waals surface area contributed by atoms with Gasteiger partial charge in [-0.15, -0.1) is 0 Å². The third kappa shape index (κ3) is 16.9. The molecule has 15 heteroatoms. The summed E-state index contributed by atoms with van der Waals surface area (Å²) >= 11 is 0. The van der Waals surface area contributed by atoms with Crippen LogP contribution in [-0.4, -0.2) is 44.9 Å². The van der Waals surface area contributed by atoms with Gasteiger partial charge in [-0.3, -0.25) is 15.0 Å². The van der Waals surface area contributed by atoms with Crippen molar-refractivity contribution in [3.8, 4) is 135 Å². The number of fused-ring (bicyclic) bond motifs is 18. The van der Waals surface area contributed by atoms with Crippen LogP contribution in [0.5, 0.6) is 0 Å². The van der Waals surface area contributed by atoms with Gasteiger partial charge >= 0.3 is 0 Å². The molecule has 0 atom stereocenters. The molecule has 15 nitrogen and oxygen atoms in total. The minimum Gasteiger partial charge on any atom is -0.264 e. The molecule has 18 aromatic rings. The fourth-order valence-corrected chi connectivity index (χ4v) is 20.7. The second-order valence-corrected chi connectivity index (χ2v) is 38.4. The number of hydrogen-bond acceptors (Lipinski definition) is 9. The summed E-state index contributed by atoms with van der Waals surface area (Å²) in [6.45, 7) is 34.4. The summed E-state index contributed by atoms with van der Waals surface area (Å²) in [6.07, 6.45) is 29.2. The summed E-state index contributed by atoms with van der Waals surface area (Å²) in [4.78, 5) is 41.6. The molecule has 0 bridgehead atoms. The summed E-state index contributed by atoms with van der Waals surface area (Å²) in [5, 5.41) is 0. The molecule has 0 spiro atoms. The Hall–Kier alpha value is -15.1. The molecule has 0 amide bonds. The van der Waals surface area contributed by atoms with Crippen molar-refractivity contribution in [1.82, 2.24) is 44.9 Å². The molecule has 6 aliphatic rings. The van der Waals surface area contributed by atoms with E-state index in [-0.39, 0.29) is 0 Å². The largest absolute Gasteiger partial charge is 0.264 e. The van der Waals surface area contributed by atoms with Crippen molar-refractivity contribution in [3.63, 3.8) is 0 Å². The molecule has 0 N–H and O–H groups in total. The number of aromatic nitrogens is 15. The average molecular weight is 1780 g/mol. The predicted octanol–water partition coefficient (Wildman–Crippen LogP) is 22.0. The van der Waals surface area contributed by atoms with Crippen LogP contribution in [0.1, 0.15) is 157 Å². The maximum Gasteiger partial charge on any atom is 0.231 e. The fourth-order valence-electron chi connectivity index (χ4n) is 20.7. The molecule has 0 saturated heterocycles. The molecule has 9 heterocycles. The monoisotopic (exact) mass is 1780 g/mol. The van der Waals surface area contributed by atoms with E-state index in [9.17, 15) is 0 Å². The van der Waals surface area contributed by atoms with Crippen LogP contribution in [-0.2, 0) is 80.8 Å². The van der Waals surface area contributed by atoms with Gasteiger partial charge in [0.2, 0.25) is 68.3 Å². The Morgan fingerprint density at radius 3 is 0.926 bits per heavy atom. The van der Waals surface area contributed by atoms with Crippen molar-refractivity contribution < 1.29 is 27.4 Å². The third-order valence-electron chi connectivity index (χ3n) is 28.8. The second kappa shape index (κ2) is 36.7. The Morgan fingerprint density at radius 2 is 0.493 bits per heavy atom. The van der Waals surface area contributed by atoms with E-state index >= 15 is 0 Å². The lowest BCUT2D eigenvalue weighted by molar-refractivity contribution is -0.667. The lowest BCUT2D eigenvalue weighted by atomic mass is 10.0. The molecule has 0 aliphatic heterocycles. The van der Waals surface area contributed by atoms with E-state index in [4.69, 9.17) is 29.9 Å². The highest BCUT2D eigenvalue weighted by molar-refractivity contribution is 5.80. The average Bonchev–Trinajstić information content (AvgIpc) is 1.59. The molecule has 6 aliphatic carbocycles. The minimum atomic E-state index is 0.903. The van der Waals surface area contributed by atoms with Gasteiger partial charge < -0.3 is 0 Å². The number of nitrogens with zero attached hydrogens (tertiary/aromatic N) is 15. The number of benzene rings is 9. The van der Waals surface area contributed by atoms with Crippen LogP contribution in [0.4, 0.5) is 0 Å². The Balaban J connectivity index is 0.000000105. The Kier molecular flexibility index (Phi) is 24.3. The van der Waals surface area contributed by atoms with Crippen molar-refractivity contribution >= 4 is 0 Å². The Morgan fingerprint density at radius 1 is 0.191 bits per heavy atom. The van der Waals surface area contributed by atoms with Crippen molar-refractivity contribution in [3.05, 3.63) is 407 Å². The maximum atomic E-state index is 4.85. The van der Waals surface area contributed by atoms with E-state index < -0.39 is 0 Å². The standard InChI is InChI=1S/3C21H21N2.C20H20N3.2C19H18N3/c1-13-6-8-17-16(9-13)11-19-21(17)22-12-20(23(19)4)18-10-14(2)5-7-15(18)3;1-13-5-7-15(3)17(9-13)20-12-22-21-18-10-14(2)6-8-16(18)11-19(21)23(20)4;1-13-8-9-14(2)17(10-13)19-12-22-21-18(23(19)4)11-16-7-5-6-15(3)20(16)21;1-12-5-6-13(2)16(7-12)19-11-22-20-17-10-21-9-14(3)15(17)8-18(20)23(19)4;1-12-4-5-13(2)16(8-12)18-11-21-19-15-6-7-20-10-14(15)9-17(19)22(18)3;1-12-4-5-13(2)15(8-12)18-11-21-19-16-10-20-7-6-14(16)9-17(19)22(18)3/h3*5-10,12H,11H2,1-4H3;5-7,9-11H,8H2,1-4H3;2*4-8,10-11H,9H2,1-3H3/q6*+1. The molecular formula is C121H119N15+6. The van der Waals surface area contributed by atoms with Crippen LogP contribution in [0.25, 0.3) is 135 Å². The summed E-state index contributed by atoms with van der Waals surface area (Å²) in [5.74, 6) is 0. The van der Waals surface area contributed by atoms with Crippen molar-refractivity contribution in [2.75, 3.05) is 0 Å². The van der Waals surface area contributed by atoms with Gasteiger partial charge in [0.05, 0.1) is 71.9 Å². The molecule has 9 aromatic heterocycles. The summed E-state index contributed by atoms with van der Waals surface area (Å²) in [7, 11) is 12.9. The minimum absolute atomic E-state index is 0.903. The summed E-state index contributed by atoms with van der Waals surface area (Å²) in [5.41, 5.74) is 65.2. The molecule has 0 fully saturated rings. The molecule has 0 unspecified atom stereocenters. The van der Waals surface area contributed by atoms with Crippen LogP contribution in [0.15, 0.2) is 250 Å². The van der Waals surface area contributed by atoms with E-state index in [1.807, 2.05) is 74.4 Å². The van der Waals surface area contributed by atoms with Crippen LogP contribution in [0.2, 0.25) is 0 Å². The van der Waals surface area contributed by atoms with Crippen molar-refractivity contribution in [2.24, 2.45) is 42.3 Å². The lowest BCUT2D eigenvalue weighted by Crippen LogP contribution is -2.36. The molecule has 24 rings (SSSR count). The zero-order chi connectivity index (χ0) is 95.1. The van der Waals surface area contributed by atoms with Gasteiger partial charge in [-0.05, 0) is 243 Å². The van der Waals surface area contributed by atoms with E-state index in [1.54, 1.807) is 0 Å². The van der Waals surface area contributed by atoms with E-state index in [0.717, 1.165) is 72.7 Å². The van der Waals surface area contributed by atoms with E-state index in [1.165, 1.54) is 257 Å². The highest BCUT2D eigenvalue weighted by Gasteiger charge is 2.38. The number of hydrogen-bond donors (Lipinski definition) is 0. The summed E-state index contributed by atoms with van der Waals surface area (Å²) in [6, 6.07) is 63.6. The highest BCUT2D eigenvalue weighted by atomic mass is 15.0. The van der Waals surface area contributed by atoms with Crippen molar-refractivity contribution in [2.45, 2.75) is 149 Å². The lowest BCUT2D eigenvalue weighted by Gasteiger charge is -2.08. The van der Waals surface area contributed by atoms with Crippen LogP contribution in [0, 0.1) is 111 Å². The van der Waals surface area contributed by atoms with Crippen LogP contribution in [0.3, 0.4) is 0 Å². The fraction of sp³-hybridized carbons (Fsp3) is 0.231. The van der Waals surface area contributed by atoms with Gasteiger partial charge in [0, 0.05) is 70.6 Å². The first-order valence-electron chi connectivity index (χ1n) is 47.3. The predicted molar refractivity (Wildman–Crippen MR) is 544 cm³/mol. The van der Waals surface area contributed by atoms with E-state index in [2.05, 4.69) is 371 Å². The van der Waals surface area contributed by atoms with Crippen LogP contribution < -0.4 is 27.4 Å². The van der Waals surface area contributed by atoms with Crippen LogP contribution >= 0.6 is 0 Å². The molecule has 136 heavy (non-hydrogen) atoms. The SMILES string of the molecule is Cc1ccc(C)c(-c2cnc3c([n+]2C)Cc2c(C)cncc2-3)c1.Cc1ccc(C)c(-c2cnc3c([n+]2C)Cc2ccc(C)cc2-3)c1.Cc1ccc(C)c(-c2cnc3c([n+]2C)Cc2cccc(C)c2-3)c1.Cc1ccc(C)c(-c2cnc3c([n+]2C)Cc2ccncc2-3)c1.Cc1ccc(C)c(-c2cnc3c([n+]2C)Cc2cnccc2-3)c1.Cc1ccc2c(c1)Cc1c-2ncc(-c2cc(C)ccc2C)[n+]1C. The van der Waals surface area contributed by atoms with E-state index in [0.29, 0.717) is 0 Å². The first-order valence-corrected chi connectivity index (χ1v) is 47.3. The summed E-state index contributed by atoms with van der Waals surface area (Å²) < 4.78 is 13.8. The molecule has 672 valence electrons. The highest BCUT2D eigenvalue weighted by Crippen LogP contribution is 2.43. The molecule has 0 saturated carbocycles. The number of aryl methyl sites for hydroxylation is 16. The first kappa shape index (κ1) is 90.1. The van der Waals surface area contributed by atoms with Gasteiger partial charge in [0.25, 0.3) is 0 Å². The zero-order valence-electron chi connectivity index (χ0n) is 82.6. The Labute approximate surface area is 800 Å². The number of rotatable bonds is 6. The molecular weight excluding hydrogens is 1660 g/mol. The third-order valence-corrected chi connectivity index (χ3v) is 28.8. The topological polar surface area (TPSA) is 139 Å². The smallest absolute Gasteiger partial charge is 0.231 e. The van der Waals surface area contributed by atoms with Gasteiger partial charge in [0.15, 0.2) is 0 Å². The first-order chi connectivity index (χ1) is 65.5. The molecule has 0 radical (unpaired) electrons. The molecule has 9 aromatic carbocycles. The van der Waals surface area contributed by atoms with Gasteiger partial charge in [0.1, 0.15) is 114 Å². The Bertz CT molecular complexity index is 7790. The second-order valence-electron chi connectivity index (χ2n) is 38.4.